The zero-order valence-electron chi connectivity index (χ0n) is 22.1. The molecule has 2 aliphatic rings. The van der Waals surface area contributed by atoms with Crippen LogP contribution in [0.25, 0.3) is 0 Å². The van der Waals surface area contributed by atoms with E-state index in [2.05, 4.69) is 51.7 Å². The molecule has 2 fully saturated rings. The average Bonchev–Trinajstić information content (AvgIpc) is 2.97. The fourth-order valence-electron chi connectivity index (χ4n) is 4.94. The molecule has 2 saturated heterocycles. The number of piperazine rings is 1. The summed E-state index contributed by atoms with van der Waals surface area (Å²) in [4.78, 5) is 30.3. The van der Waals surface area contributed by atoms with Crippen molar-refractivity contribution in [1.29, 1.82) is 0 Å². The van der Waals surface area contributed by atoms with E-state index in [0.29, 0.717) is 32.4 Å². The molecule has 2 heterocycles. The van der Waals surface area contributed by atoms with Crippen LogP contribution in [0.15, 0.2) is 59.5 Å². The van der Waals surface area contributed by atoms with Gasteiger partial charge in [0.05, 0.1) is 4.90 Å². The van der Waals surface area contributed by atoms with Gasteiger partial charge in [-0.25, -0.2) is 8.42 Å². The lowest BCUT2D eigenvalue weighted by Gasteiger charge is -2.34. The van der Waals surface area contributed by atoms with E-state index in [0.717, 1.165) is 31.7 Å². The largest absolute Gasteiger partial charge is 0.369 e. The molecule has 0 bridgehead atoms. The summed E-state index contributed by atoms with van der Waals surface area (Å²) in [6.07, 6.45) is 1.70. The molecule has 0 radical (unpaired) electrons. The van der Waals surface area contributed by atoms with Crippen molar-refractivity contribution in [3.8, 4) is 0 Å². The lowest BCUT2D eigenvalue weighted by molar-refractivity contribution is -0.126. The molecule has 0 aliphatic carbocycles. The number of hydrogen-bond acceptors (Lipinski definition) is 6. The number of hydrogen-bond donors (Lipinski definition) is 2. The number of carbonyl (C=O) groups is 2. The number of nitrogens with zero attached hydrogens (tertiary/aromatic N) is 3. The van der Waals surface area contributed by atoms with Gasteiger partial charge in [0.1, 0.15) is 0 Å². The first kappa shape index (κ1) is 28.1. The van der Waals surface area contributed by atoms with Gasteiger partial charge >= 0.3 is 0 Å². The molecule has 9 nitrogen and oxygen atoms in total. The Hall–Kier alpha value is -2.95. The molecule has 2 N–H and O–H groups in total. The third-order valence-corrected chi connectivity index (χ3v) is 9.30. The average molecular weight is 542 g/mol. The smallest absolute Gasteiger partial charge is 0.243 e. The topological polar surface area (TPSA) is 102 Å². The van der Waals surface area contributed by atoms with Crippen molar-refractivity contribution in [2.24, 2.45) is 5.92 Å². The van der Waals surface area contributed by atoms with Crippen molar-refractivity contribution in [2.75, 3.05) is 57.8 Å². The molecule has 2 amide bonds. The maximum Gasteiger partial charge on any atom is 0.243 e. The minimum Gasteiger partial charge on any atom is -0.369 e. The van der Waals surface area contributed by atoms with Crippen molar-refractivity contribution >= 4 is 27.5 Å². The monoisotopic (exact) mass is 541 g/mol. The summed E-state index contributed by atoms with van der Waals surface area (Å²) in [6.45, 7) is 5.32. The van der Waals surface area contributed by atoms with E-state index < -0.39 is 10.0 Å². The second-order valence-electron chi connectivity index (χ2n) is 10.1. The minimum atomic E-state index is -3.72. The highest BCUT2D eigenvalue weighted by molar-refractivity contribution is 7.89. The number of anilines is 1. The van der Waals surface area contributed by atoms with Crippen molar-refractivity contribution in [2.45, 2.75) is 37.1 Å². The standard InChI is InChI=1S/C28H39N5O4S/c1-31-18-20-32(21-19-31)25-11-9-23(10-12-25)22-30-28(35)24-6-5-16-33(17-14-27(34)29-15-13-24)38(36,37)26-7-3-2-4-8-26/h2-4,7-12,24H,5-6,13-22H2,1H3,(H,29,34)(H,30,35). The van der Waals surface area contributed by atoms with Crippen LogP contribution in [0.3, 0.4) is 0 Å². The molecule has 0 spiro atoms. The number of rotatable bonds is 6. The maximum atomic E-state index is 13.2. The molecule has 38 heavy (non-hydrogen) atoms. The summed E-state index contributed by atoms with van der Waals surface area (Å²) < 4.78 is 27.7. The Balaban J connectivity index is 1.33. The minimum absolute atomic E-state index is 0.0703. The van der Waals surface area contributed by atoms with Crippen LogP contribution in [0, 0.1) is 5.92 Å². The summed E-state index contributed by atoms with van der Waals surface area (Å²) in [7, 11) is -1.58. The quantitative estimate of drug-likeness (QED) is 0.581. The van der Waals surface area contributed by atoms with Gasteiger partial charge in [0.2, 0.25) is 21.8 Å². The lowest BCUT2D eigenvalue weighted by Crippen LogP contribution is -2.44. The van der Waals surface area contributed by atoms with Crippen LogP contribution in [0.1, 0.15) is 31.2 Å². The number of amides is 2. The molecule has 206 valence electrons. The Morgan fingerprint density at radius 3 is 2.37 bits per heavy atom. The summed E-state index contributed by atoms with van der Waals surface area (Å²) >= 11 is 0. The van der Waals surface area contributed by atoms with Crippen LogP contribution in [0.5, 0.6) is 0 Å². The predicted molar refractivity (Wildman–Crippen MR) is 148 cm³/mol. The van der Waals surface area contributed by atoms with E-state index in [9.17, 15) is 18.0 Å². The third-order valence-electron chi connectivity index (χ3n) is 7.39. The SMILES string of the molecule is CN1CCN(c2ccc(CNC(=O)C3CCCN(S(=O)(=O)c4ccccc4)CCC(=O)NCC3)cc2)CC1. The van der Waals surface area contributed by atoms with Gasteiger partial charge in [-0.15, -0.1) is 0 Å². The Morgan fingerprint density at radius 2 is 1.66 bits per heavy atom. The van der Waals surface area contributed by atoms with E-state index in [1.165, 1.54) is 9.99 Å². The van der Waals surface area contributed by atoms with Gasteiger partial charge in [0, 0.05) is 70.4 Å². The zero-order chi connectivity index (χ0) is 27.0. The van der Waals surface area contributed by atoms with Crippen LogP contribution < -0.4 is 15.5 Å². The molecule has 2 aromatic carbocycles. The first-order chi connectivity index (χ1) is 18.3. The molecule has 2 aliphatic heterocycles. The predicted octanol–water partition coefficient (Wildman–Crippen LogP) is 2.05. The van der Waals surface area contributed by atoms with Crippen molar-refractivity contribution in [3.63, 3.8) is 0 Å². The Morgan fingerprint density at radius 1 is 0.947 bits per heavy atom. The molecule has 0 aromatic heterocycles. The van der Waals surface area contributed by atoms with Crippen molar-refractivity contribution < 1.29 is 18.0 Å². The molecule has 4 rings (SSSR count). The second kappa shape index (κ2) is 13.2. The normalized spacial score (nSPS) is 20.8. The fourth-order valence-corrected chi connectivity index (χ4v) is 6.44. The van der Waals surface area contributed by atoms with Gasteiger partial charge in [-0.05, 0) is 56.1 Å². The molecule has 1 unspecified atom stereocenters. The van der Waals surface area contributed by atoms with E-state index in [-0.39, 0.29) is 42.1 Å². The summed E-state index contributed by atoms with van der Waals surface area (Å²) in [5.41, 5.74) is 2.23. The molecule has 10 heteroatoms. The van der Waals surface area contributed by atoms with Gasteiger partial charge in [-0.2, -0.15) is 4.31 Å². The van der Waals surface area contributed by atoms with Crippen molar-refractivity contribution in [1.82, 2.24) is 19.8 Å². The number of nitrogens with one attached hydrogen (secondary N) is 2. The number of likely N-dealkylation sites (N-methyl/N-ethyl adjacent to an activating group) is 1. The molecular formula is C28H39N5O4S. The highest BCUT2D eigenvalue weighted by Gasteiger charge is 2.27. The molecule has 0 saturated carbocycles. The Labute approximate surface area is 226 Å². The van der Waals surface area contributed by atoms with E-state index >= 15 is 0 Å². The van der Waals surface area contributed by atoms with Gasteiger partial charge < -0.3 is 20.4 Å². The summed E-state index contributed by atoms with van der Waals surface area (Å²) in [6, 6.07) is 16.6. The van der Waals surface area contributed by atoms with Gasteiger partial charge in [0.25, 0.3) is 0 Å². The first-order valence-corrected chi connectivity index (χ1v) is 14.9. The first-order valence-electron chi connectivity index (χ1n) is 13.4. The third kappa shape index (κ3) is 7.55. The lowest BCUT2D eigenvalue weighted by atomic mass is 9.98. The molecule has 1 atom stereocenters. The van der Waals surface area contributed by atoms with E-state index in [1.54, 1.807) is 30.3 Å². The van der Waals surface area contributed by atoms with Crippen LogP contribution >= 0.6 is 0 Å². The van der Waals surface area contributed by atoms with Crippen LogP contribution in [0.4, 0.5) is 5.69 Å². The fraction of sp³-hybridized carbons (Fsp3) is 0.500. The Bertz CT molecular complexity index is 1170. The van der Waals surface area contributed by atoms with Crippen LogP contribution in [0.2, 0.25) is 0 Å². The van der Waals surface area contributed by atoms with E-state index in [4.69, 9.17) is 0 Å². The molecular weight excluding hydrogens is 502 g/mol. The Kier molecular flexibility index (Phi) is 9.76. The maximum absolute atomic E-state index is 13.2. The van der Waals surface area contributed by atoms with Gasteiger partial charge in [0.15, 0.2) is 0 Å². The number of carbonyl (C=O) groups excluding carboxylic acids is 2. The van der Waals surface area contributed by atoms with Crippen LogP contribution in [-0.2, 0) is 26.2 Å². The zero-order valence-corrected chi connectivity index (χ0v) is 23.0. The second-order valence-corrected chi connectivity index (χ2v) is 12.1. The highest BCUT2D eigenvalue weighted by Crippen LogP contribution is 2.20. The van der Waals surface area contributed by atoms with Gasteiger partial charge in [-0.3, -0.25) is 9.59 Å². The van der Waals surface area contributed by atoms with Gasteiger partial charge in [-0.1, -0.05) is 30.3 Å². The summed E-state index contributed by atoms with van der Waals surface area (Å²) in [5.74, 6) is -0.585. The molecule has 2 aromatic rings. The number of benzene rings is 2. The summed E-state index contributed by atoms with van der Waals surface area (Å²) in [5, 5.41) is 5.89. The highest BCUT2D eigenvalue weighted by atomic mass is 32.2. The van der Waals surface area contributed by atoms with Crippen molar-refractivity contribution in [3.05, 3.63) is 60.2 Å². The van der Waals surface area contributed by atoms with Crippen LogP contribution in [-0.4, -0.2) is 82.3 Å². The number of sulfonamides is 1. The van der Waals surface area contributed by atoms with E-state index in [1.807, 2.05) is 0 Å².